The summed E-state index contributed by atoms with van der Waals surface area (Å²) in [4.78, 5) is 37.1. The first-order valence-electron chi connectivity index (χ1n) is 11.4. The van der Waals surface area contributed by atoms with E-state index in [9.17, 15) is 29.7 Å². The molecule has 3 N–H and O–H groups in total. The van der Waals surface area contributed by atoms with Crippen LogP contribution in [0.25, 0.3) is 0 Å². The highest BCUT2D eigenvalue weighted by Gasteiger charge is 2.32. The summed E-state index contributed by atoms with van der Waals surface area (Å²) in [6, 6.07) is 0. The number of carbonyl (C=O) groups is 3. The molecule has 0 heterocycles. The van der Waals surface area contributed by atoms with Crippen molar-refractivity contribution in [3.05, 3.63) is 69.8 Å². The highest BCUT2D eigenvalue weighted by Crippen LogP contribution is 2.31. The smallest absolute Gasteiger partial charge is 0.336 e. The van der Waals surface area contributed by atoms with Gasteiger partial charge in [0.25, 0.3) is 0 Å². The first-order valence-corrected chi connectivity index (χ1v) is 11.4. The van der Waals surface area contributed by atoms with Crippen molar-refractivity contribution in [1.29, 1.82) is 0 Å². The molecule has 0 aliphatic carbocycles. The van der Waals surface area contributed by atoms with Crippen molar-refractivity contribution in [3.63, 3.8) is 0 Å². The molecule has 0 bridgehead atoms. The fourth-order valence-corrected chi connectivity index (χ4v) is 3.70. The monoisotopic (exact) mass is 504 g/mol. The Labute approximate surface area is 211 Å². The number of aromatic carboxylic acids is 3. The fourth-order valence-electron chi connectivity index (χ4n) is 3.70. The molecule has 9 nitrogen and oxygen atoms in total. The van der Waals surface area contributed by atoms with Crippen LogP contribution in [0, 0.1) is 0 Å². The topological polar surface area (TPSA) is 140 Å². The third-order valence-electron chi connectivity index (χ3n) is 5.00. The Kier molecular flexibility index (Phi) is 12.8. The minimum atomic E-state index is -1.53. The van der Waals surface area contributed by atoms with Crippen LogP contribution in [-0.2, 0) is 33.5 Å². The van der Waals surface area contributed by atoms with Gasteiger partial charge in [-0.15, -0.1) is 0 Å². The van der Waals surface area contributed by atoms with E-state index in [-0.39, 0.29) is 81.2 Å². The van der Waals surface area contributed by atoms with Crippen LogP contribution in [0.15, 0.2) is 36.5 Å². The van der Waals surface area contributed by atoms with Gasteiger partial charge in [-0.1, -0.05) is 36.5 Å². The Hall–Kier alpha value is -3.27. The van der Waals surface area contributed by atoms with Crippen LogP contribution in [0.5, 0.6) is 0 Å². The zero-order valence-electron chi connectivity index (χ0n) is 21.3. The molecular formula is C27H36O9. The van der Waals surface area contributed by atoms with Gasteiger partial charge >= 0.3 is 17.9 Å². The molecule has 1 aromatic carbocycles. The van der Waals surface area contributed by atoms with Crippen LogP contribution >= 0.6 is 0 Å². The van der Waals surface area contributed by atoms with Crippen molar-refractivity contribution >= 4 is 17.9 Å². The normalized spacial score (nSPS) is 10.8. The maximum atomic E-state index is 12.5. The van der Waals surface area contributed by atoms with E-state index in [1.807, 2.05) is 0 Å². The zero-order chi connectivity index (χ0) is 27.4. The van der Waals surface area contributed by atoms with Gasteiger partial charge in [0.1, 0.15) is 0 Å². The van der Waals surface area contributed by atoms with Crippen molar-refractivity contribution < 1.29 is 43.9 Å². The fraction of sp³-hybridized carbons (Fsp3) is 0.444. The Morgan fingerprint density at radius 1 is 0.556 bits per heavy atom. The number of carboxylic acid groups (broad SMARTS) is 3. The lowest BCUT2D eigenvalue weighted by atomic mass is 9.83. The molecule has 198 valence electrons. The summed E-state index contributed by atoms with van der Waals surface area (Å²) in [5.74, 6) is -4.35. The zero-order valence-corrected chi connectivity index (χ0v) is 21.3. The standard InChI is InChI=1S/C27H36O9/c1-16(2)13-34-10-7-19-20(8-11-35-14-17(3)4)23(26(30)31)24(27(32)33)21(22(19)25(28)29)9-12-36-15-18(5)6/h1,3,5,7-15H2,2,4,6H3,(H,28,29)(H,30,31)(H,32,33). The molecular weight excluding hydrogens is 468 g/mol. The van der Waals surface area contributed by atoms with Crippen molar-refractivity contribution in [2.24, 2.45) is 0 Å². The van der Waals surface area contributed by atoms with Gasteiger partial charge in [-0.2, -0.15) is 0 Å². The summed E-state index contributed by atoms with van der Waals surface area (Å²) in [5, 5.41) is 30.2. The van der Waals surface area contributed by atoms with Gasteiger partial charge in [0.2, 0.25) is 0 Å². The van der Waals surface area contributed by atoms with E-state index in [4.69, 9.17) is 14.2 Å². The second-order valence-electron chi connectivity index (χ2n) is 8.76. The molecule has 0 unspecified atom stereocenters. The Morgan fingerprint density at radius 2 is 0.833 bits per heavy atom. The van der Waals surface area contributed by atoms with Gasteiger partial charge in [0.15, 0.2) is 0 Å². The van der Waals surface area contributed by atoms with Gasteiger partial charge in [-0.3, -0.25) is 0 Å². The molecule has 0 spiro atoms. The summed E-state index contributed by atoms with van der Waals surface area (Å²) >= 11 is 0. The highest BCUT2D eigenvalue weighted by molar-refractivity contribution is 6.07. The molecule has 0 radical (unpaired) electrons. The molecule has 0 fully saturated rings. The molecule has 0 aliphatic rings. The Balaban J connectivity index is 3.73. The van der Waals surface area contributed by atoms with E-state index in [1.54, 1.807) is 20.8 Å². The van der Waals surface area contributed by atoms with Gasteiger partial charge in [-0.05, 0) is 56.7 Å². The Morgan fingerprint density at radius 3 is 1.14 bits per heavy atom. The average molecular weight is 505 g/mol. The molecule has 0 aliphatic heterocycles. The molecule has 9 heteroatoms. The van der Waals surface area contributed by atoms with Gasteiger partial charge in [-0.25, -0.2) is 14.4 Å². The summed E-state index contributed by atoms with van der Waals surface area (Å²) < 4.78 is 16.5. The van der Waals surface area contributed by atoms with Crippen LogP contribution in [-0.4, -0.2) is 72.9 Å². The van der Waals surface area contributed by atoms with Crippen LogP contribution in [0.2, 0.25) is 0 Å². The van der Waals surface area contributed by atoms with Gasteiger partial charge in [0, 0.05) is 0 Å². The minimum absolute atomic E-state index is 0.00225. The van der Waals surface area contributed by atoms with Crippen molar-refractivity contribution in [1.82, 2.24) is 0 Å². The molecule has 0 amide bonds. The molecule has 36 heavy (non-hydrogen) atoms. The van der Waals surface area contributed by atoms with Gasteiger partial charge < -0.3 is 29.5 Å². The molecule has 1 rings (SSSR count). The van der Waals surface area contributed by atoms with E-state index < -0.39 is 29.0 Å². The third-order valence-corrected chi connectivity index (χ3v) is 5.00. The largest absolute Gasteiger partial charge is 0.478 e. The average Bonchev–Trinajstić information content (AvgIpc) is 2.75. The van der Waals surface area contributed by atoms with Gasteiger partial charge in [0.05, 0.1) is 56.3 Å². The number of hydrogen-bond acceptors (Lipinski definition) is 6. The predicted octanol–water partition coefficient (Wildman–Crippen LogP) is 4.19. The predicted molar refractivity (Wildman–Crippen MR) is 135 cm³/mol. The number of benzene rings is 1. The second kappa shape index (κ2) is 15.0. The van der Waals surface area contributed by atoms with E-state index in [0.717, 1.165) is 16.7 Å². The lowest BCUT2D eigenvalue weighted by molar-refractivity contribution is 0.0643. The number of ether oxygens (including phenoxy) is 3. The molecule has 0 atom stereocenters. The van der Waals surface area contributed by atoms with Crippen molar-refractivity contribution in [2.75, 3.05) is 39.6 Å². The van der Waals surface area contributed by atoms with Crippen LogP contribution in [0.1, 0.15) is 68.5 Å². The molecule has 0 aromatic heterocycles. The lowest BCUT2D eigenvalue weighted by Gasteiger charge is -2.22. The van der Waals surface area contributed by atoms with Crippen molar-refractivity contribution in [3.8, 4) is 0 Å². The van der Waals surface area contributed by atoms with E-state index >= 15 is 0 Å². The summed E-state index contributed by atoms with van der Waals surface area (Å²) in [5.41, 5.74) is 1.22. The maximum absolute atomic E-state index is 12.5. The number of rotatable bonds is 18. The highest BCUT2D eigenvalue weighted by atomic mass is 16.5. The lowest BCUT2D eigenvalue weighted by Crippen LogP contribution is -2.24. The van der Waals surface area contributed by atoms with E-state index in [2.05, 4.69) is 19.7 Å². The minimum Gasteiger partial charge on any atom is -0.478 e. The van der Waals surface area contributed by atoms with Crippen molar-refractivity contribution in [2.45, 2.75) is 40.0 Å². The van der Waals surface area contributed by atoms with E-state index in [1.165, 1.54) is 0 Å². The quantitative estimate of drug-likeness (QED) is 0.198. The van der Waals surface area contributed by atoms with E-state index in [0.29, 0.717) is 0 Å². The molecule has 1 aromatic rings. The number of hydrogen-bond donors (Lipinski definition) is 3. The first-order chi connectivity index (χ1) is 16.9. The summed E-state index contributed by atoms with van der Waals surface area (Å²) in [6.07, 6.45) is -0.0504. The van der Waals surface area contributed by atoms with Crippen LogP contribution in [0.3, 0.4) is 0 Å². The third kappa shape index (κ3) is 9.41. The van der Waals surface area contributed by atoms with Crippen LogP contribution < -0.4 is 0 Å². The Bertz CT molecular complexity index is 1020. The maximum Gasteiger partial charge on any atom is 0.336 e. The molecule has 0 saturated carbocycles. The van der Waals surface area contributed by atoms with Crippen LogP contribution in [0.4, 0.5) is 0 Å². The first kappa shape index (κ1) is 30.8. The number of carboxylic acids is 3. The second-order valence-corrected chi connectivity index (χ2v) is 8.76. The molecule has 0 saturated heterocycles. The SMILES string of the molecule is C=C(C)COCCc1c(CCOCC(=C)C)c(C(=O)O)c(C(=O)O)c(CCOCC(=C)C)c1C(=O)O. The summed E-state index contributed by atoms with van der Waals surface area (Å²) in [7, 11) is 0. The summed E-state index contributed by atoms with van der Waals surface area (Å²) in [6.45, 7) is 17.3.